The third-order valence-electron chi connectivity index (χ3n) is 2.38. The largest absolute Gasteiger partial charge is 0.310 e. The maximum absolute atomic E-state index is 13.3. The van der Waals surface area contributed by atoms with Gasteiger partial charge in [0.2, 0.25) is 0 Å². The predicted octanol–water partition coefficient (Wildman–Crippen LogP) is 4.18. The molecule has 0 saturated heterocycles. The van der Waals surface area contributed by atoms with Crippen molar-refractivity contribution in [2.45, 2.75) is 33.7 Å². The Morgan fingerprint density at radius 2 is 2.00 bits per heavy atom. The normalized spacial score (nSPS) is 13.9. The van der Waals surface area contributed by atoms with Crippen molar-refractivity contribution in [3.63, 3.8) is 0 Å². The van der Waals surface area contributed by atoms with E-state index in [9.17, 15) is 4.39 Å². The fourth-order valence-electron chi connectivity index (χ4n) is 1.36. The third-order valence-corrected chi connectivity index (χ3v) is 2.69. The molecule has 0 aromatic heterocycles. The summed E-state index contributed by atoms with van der Waals surface area (Å²) in [6, 6.07) is 5.07. The van der Waals surface area contributed by atoms with Crippen molar-refractivity contribution in [1.29, 1.82) is 0 Å². The van der Waals surface area contributed by atoms with Gasteiger partial charge < -0.3 is 5.32 Å². The van der Waals surface area contributed by atoms with Gasteiger partial charge in [-0.2, -0.15) is 0 Å². The molecule has 1 rings (SSSR count). The molecule has 0 aliphatic carbocycles. The van der Waals surface area contributed by atoms with Crippen LogP contribution in [-0.4, -0.2) is 6.54 Å². The van der Waals surface area contributed by atoms with E-state index in [0.717, 1.165) is 12.1 Å². The van der Waals surface area contributed by atoms with Crippen LogP contribution in [0.15, 0.2) is 18.2 Å². The van der Waals surface area contributed by atoms with E-state index in [2.05, 4.69) is 26.1 Å². The van der Waals surface area contributed by atoms with Crippen molar-refractivity contribution in [3.8, 4) is 0 Å². The van der Waals surface area contributed by atoms with Gasteiger partial charge in [-0.3, -0.25) is 0 Å². The Labute approximate surface area is 102 Å². The van der Waals surface area contributed by atoms with Crippen LogP contribution in [0.25, 0.3) is 0 Å². The maximum Gasteiger partial charge on any atom is 0.142 e. The van der Waals surface area contributed by atoms with Gasteiger partial charge in [0.1, 0.15) is 5.82 Å². The minimum atomic E-state index is -0.358. The van der Waals surface area contributed by atoms with Crippen molar-refractivity contribution in [1.82, 2.24) is 5.32 Å². The standard InChI is InChI=1S/C13H19ClFN/c1-9(16-8-13(2,3)4)10-5-6-11(14)12(15)7-10/h5-7,9,16H,8H2,1-4H3. The zero-order valence-corrected chi connectivity index (χ0v) is 11.0. The summed E-state index contributed by atoms with van der Waals surface area (Å²) < 4.78 is 13.3. The molecule has 0 amide bonds. The average Bonchev–Trinajstić information content (AvgIpc) is 2.17. The van der Waals surface area contributed by atoms with Crippen LogP contribution in [-0.2, 0) is 0 Å². The van der Waals surface area contributed by atoms with Crippen LogP contribution in [0.1, 0.15) is 39.3 Å². The van der Waals surface area contributed by atoms with Crippen molar-refractivity contribution in [3.05, 3.63) is 34.6 Å². The minimum Gasteiger partial charge on any atom is -0.310 e. The van der Waals surface area contributed by atoms with Crippen LogP contribution in [0.3, 0.4) is 0 Å². The van der Waals surface area contributed by atoms with Crippen LogP contribution < -0.4 is 5.32 Å². The van der Waals surface area contributed by atoms with Gasteiger partial charge >= 0.3 is 0 Å². The highest BCUT2D eigenvalue weighted by molar-refractivity contribution is 6.30. The second kappa shape index (κ2) is 5.15. The smallest absolute Gasteiger partial charge is 0.142 e. The van der Waals surface area contributed by atoms with E-state index in [1.54, 1.807) is 6.07 Å². The lowest BCUT2D eigenvalue weighted by Gasteiger charge is -2.23. The van der Waals surface area contributed by atoms with Crippen molar-refractivity contribution in [2.24, 2.45) is 5.41 Å². The highest BCUT2D eigenvalue weighted by atomic mass is 35.5. The summed E-state index contributed by atoms with van der Waals surface area (Å²) in [4.78, 5) is 0. The highest BCUT2D eigenvalue weighted by Crippen LogP contribution is 2.21. The van der Waals surface area contributed by atoms with E-state index >= 15 is 0 Å². The number of nitrogens with one attached hydrogen (secondary N) is 1. The second-order valence-electron chi connectivity index (χ2n) is 5.34. The van der Waals surface area contributed by atoms with Gasteiger partial charge in [0.25, 0.3) is 0 Å². The maximum atomic E-state index is 13.3. The summed E-state index contributed by atoms with van der Waals surface area (Å²) in [5, 5.41) is 3.55. The molecule has 16 heavy (non-hydrogen) atoms. The van der Waals surface area contributed by atoms with E-state index in [4.69, 9.17) is 11.6 Å². The number of hydrogen-bond acceptors (Lipinski definition) is 1. The lowest BCUT2D eigenvalue weighted by atomic mass is 9.96. The number of hydrogen-bond donors (Lipinski definition) is 1. The molecule has 0 bridgehead atoms. The lowest BCUT2D eigenvalue weighted by Crippen LogP contribution is -2.29. The lowest BCUT2D eigenvalue weighted by molar-refractivity contribution is 0.359. The fourth-order valence-corrected chi connectivity index (χ4v) is 1.48. The molecule has 0 fully saturated rings. The van der Waals surface area contributed by atoms with Crippen molar-refractivity contribution >= 4 is 11.6 Å². The molecular weight excluding hydrogens is 225 g/mol. The quantitative estimate of drug-likeness (QED) is 0.840. The fraction of sp³-hybridized carbons (Fsp3) is 0.538. The van der Waals surface area contributed by atoms with E-state index < -0.39 is 0 Å². The first kappa shape index (κ1) is 13.5. The van der Waals surface area contributed by atoms with Gasteiger partial charge in [0, 0.05) is 12.6 Å². The molecule has 1 aromatic carbocycles. The van der Waals surface area contributed by atoms with E-state index in [1.165, 1.54) is 6.07 Å². The molecule has 0 spiro atoms. The van der Waals surface area contributed by atoms with Crippen LogP contribution in [0.5, 0.6) is 0 Å². The summed E-state index contributed by atoms with van der Waals surface area (Å²) in [7, 11) is 0. The molecule has 1 unspecified atom stereocenters. The minimum absolute atomic E-state index is 0.131. The Kier molecular flexibility index (Phi) is 4.34. The number of rotatable bonds is 3. The molecule has 0 heterocycles. The average molecular weight is 244 g/mol. The number of benzene rings is 1. The number of halogens is 2. The molecular formula is C13H19ClFN. The Morgan fingerprint density at radius 1 is 1.38 bits per heavy atom. The van der Waals surface area contributed by atoms with Gasteiger partial charge in [-0.25, -0.2) is 4.39 Å². The van der Waals surface area contributed by atoms with Crippen molar-refractivity contribution in [2.75, 3.05) is 6.54 Å². The Hall–Kier alpha value is -0.600. The van der Waals surface area contributed by atoms with Gasteiger partial charge in [0.05, 0.1) is 5.02 Å². The Balaban J connectivity index is 2.66. The molecule has 0 aliphatic rings. The first-order chi connectivity index (χ1) is 7.29. The second-order valence-corrected chi connectivity index (χ2v) is 5.74. The first-order valence-corrected chi connectivity index (χ1v) is 5.86. The predicted molar refractivity (Wildman–Crippen MR) is 67.3 cm³/mol. The van der Waals surface area contributed by atoms with Crippen LogP contribution in [0.2, 0.25) is 5.02 Å². The summed E-state index contributed by atoms with van der Waals surface area (Å²) in [6.45, 7) is 9.40. The molecule has 1 nitrogen and oxygen atoms in total. The first-order valence-electron chi connectivity index (χ1n) is 5.48. The van der Waals surface area contributed by atoms with Crippen LogP contribution in [0.4, 0.5) is 4.39 Å². The van der Waals surface area contributed by atoms with Gasteiger partial charge in [-0.15, -0.1) is 0 Å². The monoisotopic (exact) mass is 243 g/mol. The molecule has 90 valence electrons. The molecule has 3 heteroatoms. The van der Waals surface area contributed by atoms with E-state index in [1.807, 2.05) is 13.0 Å². The van der Waals surface area contributed by atoms with Gasteiger partial charge in [-0.1, -0.05) is 38.4 Å². The molecule has 1 N–H and O–H groups in total. The molecule has 1 atom stereocenters. The van der Waals surface area contributed by atoms with Crippen molar-refractivity contribution < 1.29 is 4.39 Å². The SMILES string of the molecule is CC(NCC(C)(C)C)c1ccc(Cl)c(F)c1. The molecule has 0 aliphatic heterocycles. The zero-order chi connectivity index (χ0) is 12.3. The van der Waals surface area contributed by atoms with Crippen LogP contribution >= 0.6 is 11.6 Å². The molecule has 1 aromatic rings. The summed E-state index contributed by atoms with van der Waals surface area (Å²) in [5.41, 5.74) is 1.14. The summed E-state index contributed by atoms with van der Waals surface area (Å²) in [5.74, 6) is -0.358. The van der Waals surface area contributed by atoms with Gasteiger partial charge in [-0.05, 0) is 30.0 Å². The Morgan fingerprint density at radius 3 is 2.50 bits per heavy atom. The summed E-state index contributed by atoms with van der Waals surface area (Å²) in [6.07, 6.45) is 0. The van der Waals surface area contributed by atoms with E-state index in [0.29, 0.717) is 0 Å². The topological polar surface area (TPSA) is 12.0 Å². The van der Waals surface area contributed by atoms with Crippen LogP contribution in [0, 0.1) is 11.2 Å². The summed E-state index contributed by atoms with van der Waals surface area (Å²) >= 11 is 5.64. The zero-order valence-electron chi connectivity index (χ0n) is 10.3. The molecule has 0 radical (unpaired) electrons. The van der Waals surface area contributed by atoms with Gasteiger partial charge in [0.15, 0.2) is 0 Å². The molecule has 0 saturated carbocycles. The Bertz CT molecular complexity index is 357. The van der Waals surface area contributed by atoms with E-state index in [-0.39, 0.29) is 22.3 Å². The third kappa shape index (κ3) is 4.11. The highest BCUT2D eigenvalue weighted by Gasteiger charge is 2.13.